The van der Waals surface area contributed by atoms with Crippen LogP contribution in [-0.4, -0.2) is 53.6 Å². The number of pyridine rings is 1. The minimum atomic E-state index is 0.675. The average Bonchev–Trinajstić information content (AvgIpc) is 2.68. The maximum atomic E-state index is 4.92. The summed E-state index contributed by atoms with van der Waals surface area (Å²) in [6, 6.07) is 12.2. The van der Waals surface area contributed by atoms with E-state index in [0.717, 1.165) is 41.2 Å². The molecule has 0 amide bonds. The van der Waals surface area contributed by atoms with Crippen molar-refractivity contribution in [2.75, 3.05) is 38.6 Å². The number of piperidine rings is 1. The maximum Gasteiger partial charge on any atom is 0.163 e. The van der Waals surface area contributed by atoms with Crippen molar-refractivity contribution in [2.24, 2.45) is 5.92 Å². The molecule has 2 aromatic heterocycles. The van der Waals surface area contributed by atoms with Crippen LogP contribution in [0, 0.1) is 5.92 Å². The third kappa shape index (κ3) is 3.53. The fourth-order valence-corrected chi connectivity index (χ4v) is 3.87. The van der Waals surface area contributed by atoms with E-state index in [9.17, 15) is 0 Å². The van der Waals surface area contributed by atoms with Crippen LogP contribution in [0.3, 0.4) is 0 Å². The second-order valence-corrected chi connectivity index (χ2v) is 7.28. The predicted molar refractivity (Wildman–Crippen MR) is 106 cm³/mol. The molecular weight excluding hydrogens is 322 g/mol. The van der Waals surface area contributed by atoms with Gasteiger partial charge in [0.05, 0.1) is 5.52 Å². The molecule has 1 atom stereocenters. The Morgan fingerprint density at radius 1 is 1.15 bits per heavy atom. The summed E-state index contributed by atoms with van der Waals surface area (Å²) in [5.41, 5.74) is 1.93. The van der Waals surface area contributed by atoms with Crippen molar-refractivity contribution in [3.8, 4) is 11.4 Å². The van der Waals surface area contributed by atoms with Gasteiger partial charge in [-0.15, -0.1) is 0 Å². The lowest BCUT2D eigenvalue weighted by atomic mass is 9.98. The van der Waals surface area contributed by atoms with Crippen LogP contribution in [0.5, 0.6) is 0 Å². The zero-order chi connectivity index (χ0) is 17.9. The first-order valence-electron chi connectivity index (χ1n) is 9.27. The summed E-state index contributed by atoms with van der Waals surface area (Å²) in [6.07, 6.45) is 6.16. The summed E-state index contributed by atoms with van der Waals surface area (Å²) in [7, 11) is 4.36. The van der Waals surface area contributed by atoms with Gasteiger partial charge in [-0.05, 0) is 56.6 Å². The van der Waals surface area contributed by atoms with Gasteiger partial charge in [0, 0.05) is 43.5 Å². The summed E-state index contributed by atoms with van der Waals surface area (Å²) in [4.78, 5) is 18.6. The summed E-state index contributed by atoms with van der Waals surface area (Å²) < 4.78 is 0. The lowest BCUT2D eigenvalue weighted by Gasteiger charge is -2.33. The molecule has 0 N–H and O–H groups in total. The van der Waals surface area contributed by atoms with Crippen molar-refractivity contribution >= 4 is 16.7 Å². The average molecular weight is 347 g/mol. The van der Waals surface area contributed by atoms with Crippen LogP contribution in [0.4, 0.5) is 5.82 Å². The number of anilines is 1. The molecule has 0 radical (unpaired) electrons. The van der Waals surface area contributed by atoms with Crippen LogP contribution < -0.4 is 4.90 Å². The first-order valence-corrected chi connectivity index (χ1v) is 9.27. The van der Waals surface area contributed by atoms with Gasteiger partial charge in [0.15, 0.2) is 5.82 Å². The van der Waals surface area contributed by atoms with Gasteiger partial charge in [0.25, 0.3) is 0 Å². The molecular formula is C21H25N5. The molecule has 0 saturated carbocycles. The van der Waals surface area contributed by atoms with E-state index in [1.54, 1.807) is 6.20 Å². The molecule has 5 nitrogen and oxygen atoms in total. The highest BCUT2D eigenvalue weighted by Crippen LogP contribution is 2.28. The zero-order valence-electron chi connectivity index (χ0n) is 15.5. The number of fused-ring (bicyclic) bond motifs is 1. The first-order chi connectivity index (χ1) is 12.7. The molecule has 0 aliphatic carbocycles. The van der Waals surface area contributed by atoms with Crippen molar-refractivity contribution < 1.29 is 0 Å². The van der Waals surface area contributed by atoms with Crippen molar-refractivity contribution in [3.63, 3.8) is 0 Å². The predicted octanol–water partition coefficient (Wildman–Crippen LogP) is 3.47. The minimum Gasteiger partial charge on any atom is -0.359 e. The Kier molecular flexibility index (Phi) is 4.80. The highest BCUT2D eigenvalue weighted by molar-refractivity contribution is 5.90. The van der Waals surface area contributed by atoms with E-state index in [-0.39, 0.29) is 0 Å². The number of aromatic nitrogens is 3. The number of hydrogen-bond acceptors (Lipinski definition) is 5. The quantitative estimate of drug-likeness (QED) is 0.723. The van der Waals surface area contributed by atoms with Crippen LogP contribution >= 0.6 is 0 Å². The molecule has 5 heteroatoms. The molecule has 3 aromatic rings. The number of rotatable bonds is 4. The standard InChI is InChI=1S/C21H25N5/c1-25-12-6-7-16(14-25)15-26(2)21-18-9-3-4-10-19(18)23-20(24-21)17-8-5-11-22-13-17/h3-5,8-11,13,16H,6-7,12,14-15H2,1-2H3. The molecule has 134 valence electrons. The third-order valence-corrected chi connectivity index (χ3v) is 5.12. The van der Waals surface area contributed by atoms with Crippen LogP contribution in [-0.2, 0) is 0 Å². The largest absolute Gasteiger partial charge is 0.359 e. The van der Waals surface area contributed by atoms with Gasteiger partial charge in [-0.2, -0.15) is 0 Å². The van der Waals surface area contributed by atoms with E-state index < -0.39 is 0 Å². The van der Waals surface area contributed by atoms with E-state index in [4.69, 9.17) is 9.97 Å². The van der Waals surface area contributed by atoms with Gasteiger partial charge in [0.2, 0.25) is 0 Å². The van der Waals surface area contributed by atoms with Gasteiger partial charge in [0.1, 0.15) is 5.82 Å². The van der Waals surface area contributed by atoms with Crippen LogP contribution in [0.15, 0.2) is 48.8 Å². The monoisotopic (exact) mass is 347 g/mol. The molecule has 1 aromatic carbocycles. The van der Waals surface area contributed by atoms with E-state index in [1.165, 1.54) is 19.4 Å². The number of hydrogen-bond donors (Lipinski definition) is 0. The zero-order valence-corrected chi connectivity index (χ0v) is 15.5. The number of benzene rings is 1. The van der Waals surface area contributed by atoms with Crippen LogP contribution in [0.2, 0.25) is 0 Å². The Balaban J connectivity index is 1.70. The Bertz CT molecular complexity index is 880. The third-order valence-electron chi connectivity index (χ3n) is 5.12. The molecule has 0 bridgehead atoms. The van der Waals surface area contributed by atoms with Crippen molar-refractivity contribution in [2.45, 2.75) is 12.8 Å². The number of nitrogens with zero attached hydrogens (tertiary/aromatic N) is 5. The summed E-state index contributed by atoms with van der Waals surface area (Å²) in [5.74, 6) is 2.41. The highest BCUT2D eigenvalue weighted by atomic mass is 15.2. The summed E-state index contributed by atoms with van der Waals surface area (Å²) in [5, 5.41) is 1.10. The van der Waals surface area contributed by atoms with Gasteiger partial charge >= 0.3 is 0 Å². The molecule has 1 saturated heterocycles. The normalized spacial score (nSPS) is 18.2. The molecule has 26 heavy (non-hydrogen) atoms. The second kappa shape index (κ2) is 7.38. The van der Waals surface area contributed by atoms with Gasteiger partial charge in [-0.3, -0.25) is 4.98 Å². The molecule has 3 heterocycles. The molecule has 4 rings (SSSR count). The first kappa shape index (κ1) is 16.9. The van der Waals surface area contributed by atoms with Gasteiger partial charge in [-0.25, -0.2) is 9.97 Å². The Morgan fingerprint density at radius 2 is 2.04 bits per heavy atom. The van der Waals surface area contributed by atoms with Gasteiger partial charge < -0.3 is 9.80 Å². The van der Waals surface area contributed by atoms with E-state index in [2.05, 4.69) is 47.1 Å². The maximum absolute atomic E-state index is 4.92. The molecule has 1 fully saturated rings. The smallest absolute Gasteiger partial charge is 0.163 e. The molecule has 1 aliphatic heterocycles. The second-order valence-electron chi connectivity index (χ2n) is 7.28. The Morgan fingerprint density at radius 3 is 2.85 bits per heavy atom. The topological polar surface area (TPSA) is 45.2 Å². The lowest BCUT2D eigenvalue weighted by molar-refractivity contribution is 0.213. The van der Waals surface area contributed by atoms with Crippen molar-refractivity contribution in [1.29, 1.82) is 0 Å². The summed E-state index contributed by atoms with van der Waals surface area (Å²) in [6.45, 7) is 3.38. The number of likely N-dealkylation sites (tertiary alicyclic amines) is 1. The Labute approximate surface area is 154 Å². The summed E-state index contributed by atoms with van der Waals surface area (Å²) >= 11 is 0. The van der Waals surface area contributed by atoms with Crippen LogP contribution in [0.25, 0.3) is 22.3 Å². The fourth-order valence-electron chi connectivity index (χ4n) is 3.87. The van der Waals surface area contributed by atoms with Crippen LogP contribution in [0.1, 0.15) is 12.8 Å². The van der Waals surface area contributed by atoms with Crippen molar-refractivity contribution in [1.82, 2.24) is 19.9 Å². The molecule has 0 spiro atoms. The van der Waals surface area contributed by atoms with E-state index in [1.807, 2.05) is 24.4 Å². The molecule has 1 unspecified atom stereocenters. The Hall–Kier alpha value is -2.53. The van der Waals surface area contributed by atoms with Gasteiger partial charge in [-0.1, -0.05) is 12.1 Å². The molecule has 1 aliphatic rings. The van der Waals surface area contributed by atoms with Crippen molar-refractivity contribution in [3.05, 3.63) is 48.8 Å². The van der Waals surface area contributed by atoms with E-state index >= 15 is 0 Å². The fraction of sp³-hybridized carbons (Fsp3) is 0.381. The lowest BCUT2D eigenvalue weighted by Crippen LogP contribution is -2.38. The highest BCUT2D eigenvalue weighted by Gasteiger charge is 2.21. The SMILES string of the molecule is CN1CCCC(CN(C)c2nc(-c3cccnc3)nc3ccccc23)C1. The van der Waals surface area contributed by atoms with E-state index in [0.29, 0.717) is 5.92 Å². The number of para-hydroxylation sites is 1. The minimum absolute atomic E-state index is 0.675.